The van der Waals surface area contributed by atoms with E-state index in [2.05, 4.69) is 14.9 Å². The Bertz CT molecular complexity index is 468. The lowest BCUT2D eigenvalue weighted by Crippen LogP contribution is -2.33. The van der Waals surface area contributed by atoms with Crippen molar-refractivity contribution in [3.63, 3.8) is 0 Å². The molecule has 20 heavy (non-hydrogen) atoms. The molecule has 2 heterocycles. The maximum absolute atomic E-state index is 10.8. The monoisotopic (exact) mass is 279 g/mol. The van der Waals surface area contributed by atoms with Crippen molar-refractivity contribution >= 4 is 17.5 Å². The van der Waals surface area contributed by atoms with Crippen molar-refractivity contribution in [3.8, 4) is 0 Å². The molecule has 1 atom stereocenters. The van der Waals surface area contributed by atoms with Crippen molar-refractivity contribution in [1.29, 1.82) is 0 Å². The molecule has 0 spiro atoms. The summed E-state index contributed by atoms with van der Waals surface area (Å²) in [5.41, 5.74) is 5.15. The first kappa shape index (κ1) is 14.5. The molecule has 1 aliphatic rings. The highest BCUT2D eigenvalue weighted by molar-refractivity contribution is 5.74. The van der Waals surface area contributed by atoms with Crippen LogP contribution in [-0.4, -0.2) is 53.8 Å². The van der Waals surface area contributed by atoms with E-state index in [0.717, 1.165) is 31.0 Å². The summed E-state index contributed by atoms with van der Waals surface area (Å²) in [6, 6.07) is 2.02. The molecule has 1 unspecified atom stereocenters. The highest BCUT2D eigenvalue weighted by atomic mass is 16.3. The standard InChI is InChI=1S/C13H21N5O2/c1-17(6-4-11(14)20)12-7-13(16-9-15-12)18-5-2-3-10(18)8-19/h7,9-10,19H,2-6,8H2,1H3,(H2,14,20). The van der Waals surface area contributed by atoms with Crippen LogP contribution in [0.4, 0.5) is 11.6 Å². The third-order valence-electron chi connectivity index (χ3n) is 3.61. The van der Waals surface area contributed by atoms with Gasteiger partial charge in [-0.1, -0.05) is 0 Å². The summed E-state index contributed by atoms with van der Waals surface area (Å²) in [7, 11) is 1.86. The zero-order valence-electron chi connectivity index (χ0n) is 11.7. The second kappa shape index (κ2) is 6.51. The van der Waals surface area contributed by atoms with E-state index in [4.69, 9.17) is 5.73 Å². The van der Waals surface area contributed by atoms with Gasteiger partial charge in [0, 0.05) is 32.6 Å². The van der Waals surface area contributed by atoms with Crippen LogP contribution in [-0.2, 0) is 4.79 Å². The van der Waals surface area contributed by atoms with Crippen LogP contribution < -0.4 is 15.5 Å². The Labute approximate surface area is 118 Å². The van der Waals surface area contributed by atoms with Gasteiger partial charge in [-0.3, -0.25) is 4.79 Å². The maximum atomic E-state index is 10.8. The minimum atomic E-state index is -0.328. The summed E-state index contributed by atoms with van der Waals surface area (Å²) in [5, 5.41) is 9.37. The molecule has 0 aliphatic carbocycles. The van der Waals surface area contributed by atoms with Gasteiger partial charge in [0.05, 0.1) is 12.6 Å². The Morgan fingerprint density at radius 2 is 2.40 bits per heavy atom. The first-order valence-corrected chi connectivity index (χ1v) is 6.81. The Morgan fingerprint density at radius 1 is 1.60 bits per heavy atom. The van der Waals surface area contributed by atoms with E-state index in [-0.39, 0.29) is 18.6 Å². The predicted octanol–water partition coefficient (Wildman–Crippen LogP) is -0.251. The van der Waals surface area contributed by atoms with Gasteiger partial charge in [-0.25, -0.2) is 9.97 Å². The summed E-state index contributed by atoms with van der Waals surface area (Å²) in [6.07, 6.45) is 3.84. The third kappa shape index (κ3) is 3.36. The normalized spacial score (nSPS) is 18.3. The van der Waals surface area contributed by atoms with Crippen LogP contribution in [0, 0.1) is 0 Å². The number of amides is 1. The lowest BCUT2D eigenvalue weighted by atomic mass is 10.2. The van der Waals surface area contributed by atoms with E-state index in [1.54, 1.807) is 0 Å². The molecule has 1 aliphatic heterocycles. The molecule has 0 saturated carbocycles. The molecule has 0 aromatic carbocycles. The lowest BCUT2D eigenvalue weighted by Gasteiger charge is -2.25. The topological polar surface area (TPSA) is 95.6 Å². The van der Waals surface area contributed by atoms with Crippen LogP contribution in [0.3, 0.4) is 0 Å². The number of aliphatic hydroxyl groups excluding tert-OH is 1. The Balaban J connectivity index is 2.09. The van der Waals surface area contributed by atoms with Crippen LogP contribution in [0.15, 0.2) is 12.4 Å². The molecule has 1 fully saturated rings. The number of primary amides is 1. The number of nitrogens with two attached hydrogens (primary N) is 1. The fourth-order valence-corrected chi connectivity index (χ4v) is 2.42. The number of carbonyl (C=O) groups is 1. The maximum Gasteiger partial charge on any atom is 0.219 e. The van der Waals surface area contributed by atoms with Gasteiger partial charge in [0.2, 0.25) is 5.91 Å². The van der Waals surface area contributed by atoms with Crippen LogP contribution in [0.25, 0.3) is 0 Å². The molecule has 2 rings (SSSR count). The number of rotatable bonds is 6. The van der Waals surface area contributed by atoms with Crippen molar-refractivity contribution in [1.82, 2.24) is 9.97 Å². The first-order chi connectivity index (χ1) is 9.61. The van der Waals surface area contributed by atoms with Gasteiger partial charge in [0.1, 0.15) is 18.0 Å². The molecule has 1 aromatic rings. The van der Waals surface area contributed by atoms with Crippen LogP contribution >= 0.6 is 0 Å². The molecule has 7 nitrogen and oxygen atoms in total. The molecule has 3 N–H and O–H groups in total. The number of aromatic nitrogens is 2. The zero-order valence-corrected chi connectivity index (χ0v) is 11.7. The number of anilines is 2. The summed E-state index contributed by atoms with van der Waals surface area (Å²) in [5.74, 6) is 1.24. The van der Waals surface area contributed by atoms with Gasteiger partial charge >= 0.3 is 0 Å². The summed E-state index contributed by atoms with van der Waals surface area (Å²) in [6.45, 7) is 1.55. The van der Waals surface area contributed by atoms with E-state index in [0.29, 0.717) is 13.0 Å². The average Bonchev–Trinajstić information content (AvgIpc) is 2.93. The largest absolute Gasteiger partial charge is 0.394 e. The predicted molar refractivity (Wildman–Crippen MR) is 76.6 cm³/mol. The molecular formula is C13H21N5O2. The number of hydrogen-bond acceptors (Lipinski definition) is 6. The van der Waals surface area contributed by atoms with Crippen molar-refractivity contribution < 1.29 is 9.90 Å². The van der Waals surface area contributed by atoms with Crippen LogP contribution in [0.1, 0.15) is 19.3 Å². The van der Waals surface area contributed by atoms with Gasteiger partial charge in [-0.05, 0) is 12.8 Å². The minimum Gasteiger partial charge on any atom is -0.394 e. The van der Waals surface area contributed by atoms with E-state index in [9.17, 15) is 9.90 Å². The Hall–Kier alpha value is -1.89. The summed E-state index contributed by atoms with van der Waals surface area (Å²) >= 11 is 0. The molecule has 0 radical (unpaired) electrons. The Kier molecular flexibility index (Phi) is 4.73. The average molecular weight is 279 g/mol. The van der Waals surface area contributed by atoms with Gasteiger partial charge in [-0.15, -0.1) is 0 Å². The van der Waals surface area contributed by atoms with Gasteiger partial charge in [0.25, 0.3) is 0 Å². The van der Waals surface area contributed by atoms with Crippen LogP contribution in [0.5, 0.6) is 0 Å². The fraction of sp³-hybridized carbons (Fsp3) is 0.615. The number of carbonyl (C=O) groups excluding carboxylic acids is 1. The van der Waals surface area contributed by atoms with E-state index < -0.39 is 0 Å². The van der Waals surface area contributed by atoms with Crippen molar-refractivity contribution in [3.05, 3.63) is 12.4 Å². The third-order valence-corrected chi connectivity index (χ3v) is 3.61. The zero-order chi connectivity index (χ0) is 14.5. The van der Waals surface area contributed by atoms with Crippen LogP contribution in [0.2, 0.25) is 0 Å². The van der Waals surface area contributed by atoms with Crippen molar-refractivity contribution in [2.45, 2.75) is 25.3 Å². The number of aliphatic hydroxyl groups is 1. The molecule has 1 aromatic heterocycles. The van der Waals surface area contributed by atoms with E-state index in [1.807, 2.05) is 18.0 Å². The molecule has 7 heteroatoms. The molecular weight excluding hydrogens is 258 g/mol. The second-order valence-corrected chi connectivity index (χ2v) is 5.04. The number of hydrogen-bond donors (Lipinski definition) is 2. The molecule has 1 amide bonds. The summed E-state index contributed by atoms with van der Waals surface area (Å²) < 4.78 is 0. The van der Waals surface area contributed by atoms with Crippen molar-refractivity contribution in [2.24, 2.45) is 5.73 Å². The molecule has 0 bridgehead atoms. The fourth-order valence-electron chi connectivity index (χ4n) is 2.42. The Morgan fingerprint density at radius 3 is 3.10 bits per heavy atom. The summed E-state index contributed by atoms with van der Waals surface area (Å²) in [4.78, 5) is 23.3. The number of nitrogens with zero attached hydrogens (tertiary/aromatic N) is 4. The lowest BCUT2D eigenvalue weighted by molar-refractivity contribution is -0.117. The molecule has 1 saturated heterocycles. The van der Waals surface area contributed by atoms with Gasteiger partial charge in [-0.2, -0.15) is 0 Å². The second-order valence-electron chi connectivity index (χ2n) is 5.04. The van der Waals surface area contributed by atoms with Gasteiger partial charge in [0.15, 0.2) is 0 Å². The quantitative estimate of drug-likeness (QED) is 0.745. The molecule has 110 valence electrons. The SMILES string of the molecule is CN(CCC(N)=O)c1cc(N2CCCC2CO)ncn1. The van der Waals surface area contributed by atoms with Crippen molar-refractivity contribution in [2.75, 3.05) is 36.5 Å². The smallest absolute Gasteiger partial charge is 0.219 e. The van der Waals surface area contributed by atoms with E-state index in [1.165, 1.54) is 6.33 Å². The minimum absolute atomic E-state index is 0.133. The van der Waals surface area contributed by atoms with Gasteiger partial charge < -0.3 is 20.6 Å². The van der Waals surface area contributed by atoms with E-state index >= 15 is 0 Å². The highest BCUT2D eigenvalue weighted by Crippen LogP contribution is 2.25. The highest BCUT2D eigenvalue weighted by Gasteiger charge is 2.25. The first-order valence-electron chi connectivity index (χ1n) is 6.81.